The van der Waals surface area contributed by atoms with Crippen LogP contribution in [-0.4, -0.2) is 63.0 Å². The first-order chi connectivity index (χ1) is 16.6. The highest BCUT2D eigenvalue weighted by Gasteiger charge is 2.36. The lowest BCUT2D eigenvalue weighted by molar-refractivity contribution is 0.0973. The van der Waals surface area contributed by atoms with Gasteiger partial charge in [0.25, 0.3) is 5.91 Å². The average molecular weight is 480 g/mol. The maximum absolute atomic E-state index is 14.9. The minimum absolute atomic E-state index is 0.0642. The molecule has 0 saturated carbocycles. The second-order valence-corrected chi connectivity index (χ2v) is 10.2. The van der Waals surface area contributed by atoms with Gasteiger partial charge in [-0.25, -0.2) is 9.18 Å². The molecule has 5 rings (SSSR count). The molecule has 0 aliphatic carbocycles. The Kier molecular flexibility index (Phi) is 5.69. The summed E-state index contributed by atoms with van der Waals surface area (Å²) in [6.45, 7) is 5.17. The van der Waals surface area contributed by atoms with Crippen LogP contribution in [0.1, 0.15) is 65.9 Å². The summed E-state index contributed by atoms with van der Waals surface area (Å²) in [7, 11) is 3.39. The van der Waals surface area contributed by atoms with Gasteiger partial charge in [0.05, 0.1) is 5.56 Å². The predicted molar refractivity (Wildman–Crippen MR) is 129 cm³/mol. The second kappa shape index (κ2) is 8.58. The average Bonchev–Trinajstić information content (AvgIpc) is 3.39. The molecule has 9 nitrogen and oxygen atoms in total. The van der Waals surface area contributed by atoms with Crippen LogP contribution in [0.3, 0.4) is 0 Å². The molecule has 1 aromatic heterocycles. The van der Waals surface area contributed by atoms with E-state index in [0.717, 1.165) is 35.6 Å². The Labute approximate surface area is 203 Å². The number of urea groups is 1. The largest absolute Gasteiger partial charge is 0.331 e. The van der Waals surface area contributed by atoms with Crippen LogP contribution in [0, 0.1) is 5.82 Å². The monoisotopic (exact) mass is 479 g/mol. The van der Waals surface area contributed by atoms with E-state index in [1.54, 1.807) is 31.1 Å². The van der Waals surface area contributed by atoms with Gasteiger partial charge in [-0.2, -0.15) is 0 Å². The highest BCUT2D eigenvalue weighted by Crippen LogP contribution is 2.36. The Hall–Kier alpha value is -3.56. The van der Waals surface area contributed by atoms with Crippen LogP contribution in [0.4, 0.5) is 9.18 Å². The van der Waals surface area contributed by atoms with Crippen molar-refractivity contribution >= 4 is 17.8 Å². The molecule has 35 heavy (non-hydrogen) atoms. The predicted octanol–water partition coefficient (Wildman–Crippen LogP) is 2.97. The quantitative estimate of drug-likeness (QED) is 0.716. The van der Waals surface area contributed by atoms with Gasteiger partial charge >= 0.3 is 6.03 Å². The molecule has 0 spiro atoms. The highest BCUT2D eigenvalue weighted by atomic mass is 19.1. The van der Waals surface area contributed by atoms with E-state index in [-0.39, 0.29) is 23.2 Å². The number of rotatable bonds is 2. The summed E-state index contributed by atoms with van der Waals surface area (Å²) in [5.74, 6) is 0.947. The lowest BCUT2D eigenvalue weighted by atomic mass is 9.96. The van der Waals surface area contributed by atoms with Crippen molar-refractivity contribution in [3.05, 3.63) is 58.4 Å². The van der Waals surface area contributed by atoms with Gasteiger partial charge in [0, 0.05) is 39.1 Å². The fourth-order valence-corrected chi connectivity index (χ4v) is 5.09. The van der Waals surface area contributed by atoms with Crippen LogP contribution in [-0.2, 0) is 24.9 Å². The number of aromatic nitrogens is 3. The van der Waals surface area contributed by atoms with Crippen molar-refractivity contribution in [2.45, 2.75) is 57.7 Å². The third-order valence-corrected chi connectivity index (χ3v) is 6.99. The Bertz CT molecular complexity index is 1260. The Balaban J connectivity index is 1.36. The van der Waals surface area contributed by atoms with Crippen molar-refractivity contribution in [1.82, 2.24) is 29.9 Å². The zero-order chi connectivity index (χ0) is 24.9. The van der Waals surface area contributed by atoms with Crippen molar-refractivity contribution in [2.75, 3.05) is 20.6 Å². The Morgan fingerprint density at radius 1 is 1.17 bits per heavy atom. The minimum atomic E-state index is -0.581. The van der Waals surface area contributed by atoms with Crippen molar-refractivity contribution in [3.8, 4) is 0 Å². The molecule has 1 N–H and O–H groups in total. The number of amides is 3. The zero-order valence-electron chi connectivity index (χ0n) is 20.5. The summed E-state index contributed by atoms with van der Waals surface area (Å²) >= 11 is 0. The fraction of sp³-hybridized carbons (Fsp3) is 0.480. The van der Waals surface area contributed by atoms with Gasteiger partial charge in [-0.05, 0) is 62.4 Å². The molecule has 1 unspecified atom stereocenters. The van der Waals surface area contributed by atoms with E-state index in [0.29, 0.717) is 31.8 Å². The number of amidine groups is 1. The number of carbonyl (C=O) groups excluding carboxylic acids is 2. The van der Waals surface area contributed by atoms with Crippen LogP contribution in [0.5, 0.6) is 0 Å². The van der Waals surface area contributed by atoms with Crippen molar-refractivity contribution in [1.29, 1.82) is 0 Å². The minimum Gasteiger partial charge on any atom is -0.331 e. The molecule has 4 heterocycles. The fourth-order valence-electron chi connectivity index (χ4n) is 5.09. The molecule has 0 bridgehead atoms. The number of hydrogen-bond acceptors (Lipinski definition) is 5. The van der Waals surface area contributed by atoms with E-state index >= 15 is 0 Å². The first kappa shape index (κ1) is 23.2. The molecule has 3 aliphatic heterocycles. The van der Waals surface area contributed by atoms with Gasteiger partial charge < -0.3 is 19.7 Å². The third kappa shape index (κ3) is 4.21. The number of aliphatic imine (C=N–C) groups is 1. The molecule has 3 amide bonds. The number of fused-ring (bicyclic) bond motifs is 2. The number of nitrogens with zero attached hydrogens (tertiary/aromatic N) is 6. The SMILES string of the molecule is CN(C)C(=O)N1CCc2cc(F)c(C(=O)NC3=NC(c4nnc5n4C(C)(C)CC5)CC=C3)cc2C1. The summed E-state index contributed by atoms with van der Waals surface area (Å²) in [6, 6.07) is 2.58. The summed E-state index contributed by atoms with van der Waals surface area (Å²) < 4.78 is 17.0. The molecule has 0 saturated heterocycles. The van der Waals surface area contributed by atoms with E-state index in [9.17, 15) is 14.0 Å². The normalized spacial score (nSPS) is 20.2. The van der Waals surface area contributed by atoms with Crippen LogP contribution in [0.15, 0.2) is 29.3 Å². The summed E-state index contributed by atoms with van der Waals surface area (Å²) in [5.41, 5.74) is 1.45. The molecular formula is C25H30FN7O2. The van der Waals surface area contributed by atoms with Gasteiger partial charge in [-0.3, -0.25) is 9.79 Å². The van der Waals surface area contributed by atoms with Crippen LogP contribution in [0.2, 0.25) is 0 Å². The lowest BCUT2D eigenvalue weighted by Gasteiger charge is -2.31. The van der Waals surface area contributed by atoms with Gasteiger partial charge in [-0.1, -0.05) is 6.08 Å². The maximum Gasteiger partial charge on any atom is 0.319 e. The molecule has 0 fully saturated rings. The topological polar surface area (TPSA) is 95.7 Å². The van der Waals surface area contributed by atoms with Gasteiger partial charge in [0.1, 0.15) is 23.5 Å². The summed E-state index contributed by atoms with van der Waals surface area (Å²) in [4.78, 5) is 33.3. The number of nitrogens with one attached hydrogen (secondary N) is 1. The number of aryl methyl sites for hydroxylation is 1. The van der Waals surface area contributed by atoms with E-state index in [1.807, 2.05) is 6.08 Å². The van der Waals surface area contributed by atoms with Crippen molar-refractivity contribution in [2.24, 2.45) is 4.99 Å². The van der Waals surface area contributed by atoms with Crippen LogP contribution >= 0.6 is 0 Å². The molecule has 1 atom stereocenters. The number of halogens is 1. The molecular weight excluding hydrogens is 449 g/mol. The van der Waals surface area contributed by atoms with Gasteiger partial charge in [-0.15, -0.1) is 10.2 Å². The highest BCUT2D eigenvalue weighted by molar-refractivity contribution is 6.10. The Morgan fingerprint density at radius 3 is 2.74 bits per heavy atom. The van der Waals surface area contributed by atoms with Crippen LogP contribution in [0.25, 0.3) is 0 Å². The first-order valence-corrected chi connectivity index (χ1v) is 11.9. The zero-order valence-corrected chi connectivity index (χ0v) is 20.5. The summed E-state index contributed by atoms with van der Waals surface area (Å²) in [6.07, 6.45) is 6.74. The number of hydrogen-bond donors (Lipinski definition) is 1. The van der Waals surface area contributed by atoms with Crippen LogP contribution < -0.4 is 5.32 Å². The molecule has 2 aromatic rings. The van der Waals surface area contributed by atoms with Crippen molar-refractivity contribution in [3.63, 3.8) is 0 Å². The lowest BCUT2D eigenvalue weighted by Crippen LogP contribution is -2.42. The molecule has 0 radical (unpaired) electrons. The van der Waals surface area contributed by atoms with Gasteiger partial charge in [0.15, 0.2) is 5.82 Å². The smallest absolute Gasteiger partial charge is 0.319 e. The number of benzene rings is 1. The molecule has 1 aromatic carbocycles. The second-order valence-electron chi connectivity index (χ2n) is 10.2. The third-order valence-electron chi connectivity index (χ3n) is 6.99. The number of carbonyl (C=O) groups is 2. The standard InChI is InChI=1S/C25H30FN7O2/c1-25(2)10-8-21-29-30-22(33(21)25)19-6-5-7-20(27-19)28-23(34)17-12-16-14-32(24(35)31(3)4)11-9-15(16)13-18(17)26/h5,7,12-13,19H,6,8-11,14H2,1-4H3,(H,27,28,34). The Morgan fingerprint density at radius 2 is 1.97 bits per heavy atom. The molecule has 3 aliphatic rings. The van der Waals surface area contributed by atoms with Crippen molar-refractivity contribution < 1.29 is 14.0 Å². The molecule has 184 valence electrons. The van der Waals surface area contributed by atoms with E-state index < -0.39 is 11.7 Å². The first-order valence-electron chi connectivity index (χ1n) is 11.9. The van der Waals surface area contributed by atoms with E-state index in [4.69, 9.17) is 4.99 Å². The van der Waals surface area contributed by atoms with E-state index in [1.165, 1.54) is 11.0 Å². The molecule has 10 heteroatoms. The van der Waals surface area contributed by atoms with E-state index in [2.05, 4.69) is 33.9 Å². The van der Waals surface area contributed by atoms with Gasteiger partial charge in [0.2, 0.25) is 0 Å². The number of dihydropyridines is 1. The maximum atomic E-state index is 14.9. The summed E-state index contributed by atoms with van der Waals surface area (Å²) in [5, 5.41) is 11.5.